The molecular formula is C19H13FN4O3S. The molecule has 0 atom stereocenters. The van der Waals surface area contributed by atoms with Crippen molar-refractivity contribution in [2.75, 3.05) is 0 Å². The number of benzene rings is 2. The zero-order valence-corrected chi connectivity index (χ0v) is 15.4. The van der Waals surface area contributed by atoms with E-state index in [1.165, 1.54) is 12.1 Å². The summed E-state index contributed by atoms with van der Waals surface area (Å²) in [6, 6.07) is 12.6. The monoisotopic (exact) mass is 396 g/mol. The van der Waals surface area contributed by atoms with Gasteiger partial charge in [0, 0.05) is 5.56 Å². The van der Waals surface area contributed by atoms with Gasteiger partial charge in [-0.15, -0.1) is 16.4 Å². The maximum Gasteiger partial charge on any atom is 0.352 e. The lowest BCUT2D eigenvalue weighted by molar-refractivity contribution is 0.0341. The van der Waals surface area contributed by atoms with Gasteiger partial charge in [-0.25, -0.2) is 14.2 Å². The Morgan fingerprint density at radius 1 is 1.18 bits per heavy atom. The summed E-state index contributed by atoms with van der Waals surface area (Å²) in [7, 11) is 0. The molecule has 9 heteroatoms. The van der Waals surface area contributed by atoms with Crippen LogP contribution in [0.2, 0.25) is 0 Å². The first-order valence-corrected chi connectivity index (χ1v) is 9.07. The molecule has 0 unspecified atom stereocenters. The third kappa shape index (κ3) is 3.39. The number of ether oxygens (including phenoxy) is 1. The first-order chi connectivity index (χ1) is 13.5. The Labute approximate surface area is 162 Å². The Morgan fingerprint density at radius 3 is 2.71 bits per heavy atom. The van der Waals surface area contributed by atoms with Crippen LogP contribution >= 0.6 is 11.3 Å². The molecule has 0 saturated carbocycles. The summed E-state index contributed by atoms with van der Waals surface area (Å²) in [4.78, 5) is 29.5. The van der Waals surface area contributed by atoms with Crippen molar-refractivity contribution in [2.45, 2.75) is 13.7 Å². The quantitative estimate of drug-likeness (QED) is 0.493. The van der Waals surface area contributed by atoms with E-state index in [9.17, 15) is 14.0 Å². The molecule has 2 aromatic carbocycles. The molecule has 0 aliphatic carbocycles. The SMILES string of the molecule is Cc1nc(-c2ccc(F)cc2)sc1C(=O)OCn1nnc2ccccc2c1=O. The van der Waals surface area contributed by atoms with Crippen LogP contribution in [-0.4, -0.2) is 25.9 Å². The van der Waals surface area contributed by atoms with Crippen LogP contribution in [-0.2, 0) is 11.5 Å². The van der Waals surface area contributed by atoms with Gasteiger partial charge in [-0.1, -0.05) is 17.3 Å². The van der Waals surface area contributed by atoms with Crippen molar-refractivity contribution >= 4 is 28.2 Å². The zero-order valence-electron chi connectivity index (χ0n) is 14.6. The largest absolute Gasteiger partial charge is 0.438 e. The molecule has 0 saturated heterocycles. The minimum absolute atomic E-state index is 0.307. The first kappa shape index (κ1) is 17.9. The Kier molecular flexibility index (Phi) is 4.66. The maximum absolute atomic E-state index is 13.1. The summed E-state index contributed by atoms with van der Waals surface area (Å²) < 4.78 is 19.3. The molecule has 0 radical (unpaired) electrons. The van der Waals surface area contributed by atoms with Gasteiger partial charge in [-0.3, -0.25) is 4.79 Å². The summed E-state index contributed by atoms with van der Waals surface area (Å²) >= 11 is 1.14. The number of rotatable bonds is 4. The number of esters is 1. The van der Waals surface area contributed by atoms with Crippen LogP contribution in [0.15, 0.2) is 53.3 Å². The van der Waals surface area contributed by atoms with E-state index < -0.39 is 11.5 Å². The normalized spacial score (nSPS) is 10.9. The number of hydrogen-bond acceptors (Lipinski definition) is 7. The first-order valence-electron chi connectivity index (χ1n) is 8.26. The molecule has 140 valence electrons. The van der Waals surface area contributed by atoms with Gasteiger partial charge < -0.3 is 4.74 Å². The minimum atomic E-state index is -0.620. The molecule has 0 aliphatic heterocycles. The highest BCUT2D eigenvalue weighted by atomic mass is 32.1. The number of aryl methyl sites for hydroxylation is 1. The van der Waals surface area contributed by atoms with Crippen molar-refractivity contribution in [1.82, 2.24) is 20.0 Å². The van der Waals surface area contributed by atoms with Gasteiger partial charge >= 0.3 is 5.97 Å². The van der Waals surface area contributed by atoms with Crippen LogP contribution in [0.25, 0.3) is 21.5 Å². The fraction of sp³-hybridized carbons (Fsp3) is 0.105. The standard InChI is InChI=1S/C19H13FN4O3S/c1-11-16(28-17(21-11)12-6-8-13(20)9-7-12)19(26)27-10-24-18(25)14-4-2-3-5-15(14)22-23-24/h2-9H,10H2,1H3. The summed E-state index contributed by atoms with van der Waals surface area (Å²) in [5.74, 6) is -0.969. The molecule has 28 heavy (non-hydrogen) atoms. The maximum atomic E-state index is 13.1. The molecule has 0 amide bonds. The van der Waals surface area contributed by atoms with Crippen LogP contribution in [0.4, 0.5) is 4.39 Å². The Morgan fingerprint density at radius 2 is 1.93 bits per heavy atom. The van der Waals surface area contributed by atoms with Crippen molar-refractivity contribution < 1.29 is 13.9 Å². The number of halogens is 1. The lowest BCUT2D eigenvalue weighted by Crippen LogP contribution is -2.26. The molecule has 0 N–H and O–H groups in total. The van der Waals surface area contributed by atoms with Crippen LogP contribution in [0, 0.1) is 12.7 Å². The zero-order chi connectivity index (χ0) is 19.7. The number of hydrogen-bond donors (Lipinski definition) is 0. The number of fused-ring (bicyclic) bond motifs is 1. The van der Waals surface area contributed by atoms with Gasteiger partial charge in [0.1, 0.15) is 21.2 Å². The molecule has 0 spiro atoms. The number of carbonyl (C=O) groups is 1. The average Bonchev–Trinajstić information content (AvgIpc) is 3.10. The molecule has 4 rings (SSSR count). The molecule has 4 aromatic rings. The molecule has 2 aromatic heterocycles. The third-order valence-corrected chi connectivity index (χ3v) is 5.21. The van der Waals surface area contributed by atoms with Gasteiger partial charge in [-0.05, 0) is 43.3 Å². The van der Waals surface area contributed by atoms with Crippen LogP contribution in [0.5, 0.6) is 0 Å². The van der Waals surface area contributed by atoms with E-state index in [0.29, 0.717) is 32.0 Å². The van der Waals surface area contributed by atoms with Gasteiger partial charge in [-0.2, -0.15) is 4.68 Å². The summed E-state index contributed by atoms with van der Waals surface area (Å²) in [5.41, 5.74) is 1.26. The second-order valence-electron chi connectivity index (χ2n) is 5.91. The van der Waals surface area contributed by atoms with Crippen LogP contribution in [0.1, 0.15) is 15.4 Å². The number of thiazole rings is 1. The highest BCUT2D eigenvalue weighted by molar-refractivity contribution is 7.17. The minimum Gasteiger partial charge on any atom is -0.438 e. The smallest absolute Gasteiger partial charge is 0.352 e. The molecular weight excluding hydrogens is 383 g/mol. The van der Waals surface area contributed by atoms with Crippen molar-refractivity contribution in [1.29, 1.82) is 0 Å². The van der Waals surface area contributed by atoms with Crippen LogP contribution < -0.4 is 5.56 Å². The van der Waals surface area contributed by atoms with E-state index >= 15 is 0 Å². The average molecular weight is 396 g/mol. The fourth-order valence-corrected chi connectivity index (χ4v) is 3.56. The molecule has 2 heterocycles. The van der Waals surface area contributed by atoms with Gasteiger partial charge in [0.15, 0.2) is 6.73 Å². The van der Waals surface area contributed by atoms with E-state index in [0.717, 1.165) is 16.0 Å². The Hall–Kier alpha value is -3.46. The molecule has 0 aliphatic rings. The summed E-state index contributed by atoms with van der Waals surface area (Å²) in [6.45, 7) is 1.32. The second-order valence-corrected chi connectivity index (χ2v) is 6.91. The van der Waals surface area contributed by atoms with Gasteiger partial charge in [0.2, 0.25) is 0 Å². The Bertz CT molecular complexity index is 1230. The molecule has 0 bridgehead atoms. The summed E-state index contributed by atoms with van der Waals surface area (Å²) in [6.07, 6.45) is 0. The lowest BCUT2D eigenvalue weighted by atomic mass is 10.2. The number of nitrogens with zero attached hydrogens (tertiary/aromatic N) is 4. The fourth-order valence-electron chi connectivity index (χ4n) is 2.60. The van der Waals surface area contributed by atoms with Crippen molar-refractivity contribution in [3.63, 3.8) is 0 Å². The molecule has 0 fully saturated rings. The summed E-state index contributed by atoms with van der Waals surface area (Å²) in [5, 5.41) is 8.69. The number of aromatic nitrogens is 4. The second kappa shape index (κ2) is 7.28. The van der Waals surface area contributed by atoms with Gasteiger partial charge in [0.05, 0.1) is 11.1 Å². The molecule has 7 nitrogen and oxygen atoms in total. The highest BCUT2D eigenvalue weighted by Gasteiger charge is 2.18. The number of carbonyl (C=O) groups excluding carboxylic acids is 1. The van der Waals surface area contributed by atoms with E-state index in [1.807, 2.05) is 0 Å². The Balaban J connectivity index is 1.54. The van der Waals surface area contributed by atoms with Gasteiger partial charge in [0.25, 0.3) is 5.56 Å². The van der Waals surface area contributed by atoms with Crippen LogP contribution in [0.3, 0.4) is 0 Å². The van der Waals surface area contributed by atoms with E-state index in [-0.39, 0.29) is 12.5 Å². The van der Waals surface area contributed by atoms with Crippen molar-refractivity contribution in [3.8, 4) is 10.6 Å². The topological polar surface area (TPSA) is 87.0 Å². The van der Waals surface area contributed by atoms with Crippen molar-refractivity contribution in [3.05, 3.63) is 75.3 Å². The highest BCUT2D eigenvalue weighted by Crippen LogP contribution is 2.28. The lowest BCUT2D eigenvalue weighted by Gasteiger charge is -2.05. The third-order valence-electron chi connectivity index (χ3n) is 4.02. The van der Waals surface area contributed by atoms with E-state index in [1.54, 1.807) is 43.3 Å². The van der Waals surface area contributed by atoms with E-state index in [4.69, 9.17) is 4.74 Å². The predicted molar refractivity (Wildman–Crippen MR) is 101 cm³/mol. The van der Waals surface area contributed by atoms with Crippen molar-refractivity contribution in [2.24, 2.45) is 0 Å². The predicted octanol–water partition coefficient (Wildman–Crippen LogP) is 3.18. The van der Waals surface area contributed by atoms with E-state index in [2.05, 4.69) is 15.3 Å².